The summed E-state index contributed by atoms with van der Waals surface area (Å²) in [4.78, 5) is 12.4. The number of carbonyl (C=O) groups is 1. The van der Waals surface area contributed by atoms with Gasteiger partial charge in [0.15, 0.2) is 15.6 Å². The van der Waals surface area contributed by atoms with E-state index < -0.39 is 50.0 Å². The molecule has 0 saturated carbocycles. The van der Waals surface area contributed by atoms with Crippen molar-refractivity contribution in [3.8, 4) is 5.75 Å². The number of ether oxygens (including phenoxy) is 1. The average molecular weight is 366 g/mol. The highest BCUT2D eigenvalue weighted by Gasteiger charge is 2.48. The third-order valence-electron chi connectivity index (χ3n) is 4.65. The van der Waals surface area contributed by atoms with E-state index in [0.29, 0.717) is 18.9 Å². The number of ketones is 1. The predicted molar refractivity (Wildman–Crippen MR) is 75.9 cm³/mol. The number of benzene rings is 1. The van der Waals surface area contributed by atoms with E-state index in [1.165, 1.54) is 0 Å². The second-order valence-corrected chi connectivity index (χ2v) is 8.64. The van der Waals surface area contributed by atoms with Crippen LogP contribution in [0.1, 0.15) is 36.0 Å². The highest BCUT2D eigenvalue weighted by Crippen LogP contribution is 2.42. The summed E-state index contributed by atoms with van der Waals surface area (Å²) in [6.07, 6.45) is -3.68. The molecule has 0 aliphatic carbocycles. The van der Waals surface area contributed by atoms with Crippen LogP contribution in [0.4, 0.5) is 17.6 Å². The van der Waals surface area contributed by atoms with Crippen molar-refractivity contribution in [2.24, 2.45) is 5.92 Å². The molecule has 2 fully saturated rings. The number of rotatable bonds is 3. The topological polar surface area (TPSA) is 60.4 Å². The fourth-order valence-corrected chi connectivity index (χ4v) is 6.01. The second kappa shape index (κ2) is 5.72. The third-order valence-corrected chi connectivity index (χ3v) is 7.36. The van der Waals surface area contributed by atoms with Crippen molar-refractivity contribution >= 4 is 15.6 Å². The molecular formula is C15H14F4O4S. The summed E-state index contributed by atoms with van der Waals surface area (Å²) in [5.41, 5.74) is -0.340. The van der Waals surface area contributed by atoms with Crippen molar-refractivity contribution in [1.29, 1.82) is 0 Å². The smallest absolute Gasteiger partial charge is 0.406 e. The van der Waals surface area contributed by atoms with Crippen LogP contribution in [0.25, 0.3) is 0 Å². The molecule has 2 aliphatic heterocycles. The largest absolute Gasteiger partial charge is 0.573 e. The van der Waals surface area contributed by atoms with Crippen LogP contribution >= 0.6 is 0 Å². The van der Waals surface area contributed by atoms with Crippen molar-refractivity contribution in [3.63, 3.8) is 0 Å². The fraction of sp³-hybridized carbons (Fsp3) is 0.533. The molecule has 2 saturated heterocycles. The first-order valence-corrected chi connectivity index (χ1v) is 9.01. The quantitative estimate of drug-likeness (QED) is 0.609. The van der Waals surface area contributed by atoms with Crippen molar-refractivity contribution < 1.29 is 35.5 Å². The Morgan fingerprint density at radius 1 is 1.12 bits per heavy atom. The number of Topliss-reactive ketones (excluding diaryl/α,β-unsaturated/α-hetero) is 1. The maximum Gasteiger partial charge on any atom is 0.573 e. The number of sulfone groups is 1. The molecule has 0 spiro atoms. The van der Waals surface area contributed by atoms with Gasteiger partial charge in [0.25, 0.3) is 0 Å². The van der Waals surface area contributed by atoms with Crippen LogP contribution in [0.3, 0.4) is 0 Å². The number of halogens is 4. The minimum absolute atomic E-state index is 0.137. The van der Waals surface area contributed by atoms with Crippen molar-refractivity contribution in [1.82, 2.24) is 0 Å². The van der Waals surface area contributed by atoms with Gasteiger partial charge < -0.3 is 4.74 Å². The van der Waals surface area contributed by atoms with Crippen LogP contribution in [0, 0.1) is 11.7 Å². The average Bonchev–Trinajstić information content (AvgIpc) is 2.64. The van der Waals surface area contributed by atoms with E-state index in [-0.39, 0.29) is 18.4 Å². The van der Waals surface area contributed by atoms with Gasteiger partial charge in [-0.3, -0.25) is 4.79 Å². The first kappa shape index (κ1) is 17.2. The van der Waals surface area contributed by atoms with E-state index in [2.05, 4.69) is 4.74 Å². The van der Waals surface area contributed by atoms with Crippen molar-refractivity contribution in [2.75, 3.05) is 0 Å². The summed E-state index contributed by atoms with van der Waals surface area (Å²) in [7, 11) is -3.21. The lowest BCUT2D eigenvalue weighted by Crippen LogP contribution is -2.36. The Morgan fingerprint density at radius 3 is 2.21 bits per heavy atom. The highest BCUT2D eigenvalue weighted by molar-refractivity contribution is 7.93. The molecule has 24 heavy (non-hydrogen) atoms. The number of alkyl halides is 3. The Bertz CT molecular complexity index is 752. The Morgan fingerprint density at radius 2 is 1.71 bits per heavy atom. The summed E-state index contributed by atoms with van der Waals surface area (Å²) >= 11 is 0. The standard InChI is InChI=1S/C15H14F4O4S/c16-13-7-9(23-15(17,18)19)1-4-12(13)14(20)8-5-10-2-3-11(6-8)24(10,21)22/h1,4,7-8,10-11H,2-3,5-6H2. The lowest BCUT2D eigenvalue weighted by molar-refractivity contribution is -0.274. The molecule has 2 heterocycles. The minimum atomic E-state index is -4.95. The lowest BCUT2D eigenvalue weighted by Gasteiger charge is -2.27. The van der Waals surface area contributed by atoms with Crippen LogP contribution < -0.4 is 4.74 Å². The zero-order valence-electron chi connectivity index (χ0n) is 12.3. The van der Waals surface area contributed by atoms with Crippen molar-refractivity contribution in [3.05, 3.63) is 29.6 Å². The SMILES string of the molecule is O=C(c1ccc(OC(F)(F)F)cc1F)C1CC2CCC(C1)S2(=O)=O. The normalized spacial score (nSPS) is 28.6. The molecule has 0 amide bonds. The molecule has 3 rings (SSSR count). The van der Waals surface area contributed by atoms with Crippen LogP contribution in [0.15, 0.2) is 18.2 Å². The van der Waals surface area contributed by atoms with Gasteiger partial charge in [-0.1, -0.05) is 0 Å². The Hall–Kier alpha value is -1.64. The number of hydrogen-bond acceptors (Lipinski definition) is 4. The monoisotopic (exact) mass is 366 g/mol. The van der Waals surface area contributed by atoms with E-state index in [0.717, 1.165) is 12.1 Å². The summed E-state index contributed by atoms with van der Waals surface area (Å²) in [5, 5.41) is -1.16. The molecule has 1 aromatic rings. The minimum Gasteiger partial charge on any atom is -0.406 e. The van der Waals surface area contributed by atoms with Crippen LogP contribution in [0.2, 0.25) is 0 Å². The predicted octanol–water partition coefficient (Wildman–Crippen LogP) is 3.26. The first-order valence-electron chi connectivity index (χ1n) is 7.40. The lowest BCUT2D eigenvalue weighted by atomic mass is 9.90. The third kappa shape index (κ3) is 3.13. The summed E-state index contributed by atoms with van der Waals surface area (Å²) in [6.45, 7) is 0. The van der Waals surface area contributed by atoms with Crippen LogP contribution in [-0.2, 0) is 9.84 Å². The molecule has 1 aromatic carbocycles. The molecular weight excluding hydrogens is 352 g/mol. The summed E-state index contributed by atoms with van der Waals surface area (Å²) in [6, 6.07) is 2.33. The molecule has 9 heteroatoms. The highest BCUT2D eigenvalue weighted by atomic mass is 32.2. The Labute approximate surface area is 135 Å². The second-order valence-electron chi connectivity index (χ2n) is 6.13. The Balaban J connectivity index is 1.79. The molecule has 0 radical (unpaired) electrons. The molecule has 132 valence electrons. The van der Waals surface area contributed by atoms with E-state index in [1.807, 2.05) is 0 Å². The molecule has 2 atom stereocenters. The van der Waals surface area contributed by atoms with E-state index in [9.17, 15) is 30.8 Å². The Kier molecular flexibility index (Phi) is 4.09. The van der Waals surface area contributed by atoms with Gasteiger partial charge >= 0.3 is 6.36 Å². The number of hydrogen-bond donors (Lipinski definition) is 0. The van der Waals surface area contributed by atoms with Gasteiger partial charge in [-0.25, -0.2) is 12.8 Å². The number of fused-ring (bicyclic) bond motifs is 2. The van der Waals surface area contributed by atoms with Gasteiger partial charge in [-0.05, 0) is 37.8 Å². The summed E-state index contributed by atoms with van der Waals surface area (Å²) < 4.78 is 78.0. The summed E-state index contributed by atoms with van der Waals surface area (Å²) in [5.74, 6) is -3.06. The number of carbonyl (C=O) groups excluding carboxylic acids is 1. The maximum absolute atomic E-state index is 14.0. The van der Waals surface area contributed by atoms with E-state index in [4.69, 9.17) is 0 Å². The van der Waals surface area contributed by atoms with Gasteiger partial charge in [0, 0.05) is 12.0 Å². The fourth-order valence-electron chi connectivity index (χ4n) is 3.53. The van der Waals surface area contributed by atoms with Crippen LogP contribution in [-0.4, -0.2) is 31.1 Å². The van der Waals surface area contributed by atoms with E-state index in [1.54, 1.807) is 0 Å². The molecule has 0 aromatic heterocycles. The van der Waals surface area contributed by atoms with Gasteiger partial charge in [0.1, 0.15) is 11.6 Å². The zero-order chi connectivity index (χ0) is 17.7. The van der Waals surface area contributed by atoms with Crippen molar-refractivity contribution in [2.45, 2.75) is 42.5 Å². The van der Waals surface area contributed by atoms with Crippen LogP contribution in [0.5, 0.6) is 5.75 Å². The molecule has 0 N–H and O–H groups in total. The molecule has 2 aliphatic rings. The molecule has 2 unspecified atom stereocenters. The van der Waals surface area contributed by atoms with Gasteiger partial charge in [-0.2, -0.15) is 0 Å². The van der Waals surface area contributed by atoms with E-state index >= 15 is 0 Å². The maximum atomic E-state index is 14.0. The van der Waals surface area contributed by atoms with Gasteiger partial charge in [0.2, 0.25) is 0 Å². The first-order chi connectivity index (χ1) is 11.1. The molecule has 4 nitrogen and oxygen atoms in total. The molecule has 2 bridgehead atoms. The zero-order valence-corrected chi connectivity index (χ0v) is 13.2. The van der Waals surface area contributed by atoms with Gasteiger partial charge in [-0.15, -0.1) is 13.2 Å². The van der Waals surface area contributed by atoms with Gasteiger partial charge in [0.05, 0.1) is 16.1 Å².